The van der Waals surface area contributed by atoms with E-state index in [9.17, 15) is 14.0 Å². The molecule has 1 fully saturated rings. The molecule has 0 aliphatic carbocycles. The minimum absolute atomic E-state index is 0.0871. The molecule has 2 aromatic heterocycles. The molecule has 0 atom stereocenters. The number of piperazine rings is 1. The van der Waals surface area contributed by atoms with Gasteiger partial charge >= 0.3 is 0 Å². The van der Waals surface area contributed by atoms with Crippen molar-refractivity contribution in [2.24, 2.45) is 0 Å². The van der Waals surface area contributed by atoms with Crippen LogP contribution in [0.25, 0.3) is 10.9 Å². The second-order valence-electron chi connectivity index (χ2n) is 6.70. The van der Waals surface area contributed by atoms with Gasteiger partial charge in [-0.2, -0.15) is 0 Å². The summed E-state index contributed by atoms with van der Waals surface area (Å²) in [5, 5.41) is 0.183. The fourth-order valence-electron chi connectivity index (χ4n) is 3.30. The Bertz CT molecular complexity index is 1080. The van der Waals surface area contributed by atoms with Crippen LogP contribution in [0, 0.1) is 5.82 Å². The number of rotatable bonds is 4. The molecule has 28 heavy (non-hydrogen) atoms. The maximum atomic E-state index is 13.4. The van der Waals surface area contributed by atoms with Crippen LogP contribution in [0.3, 0.4) is 0 Å². The van der Waals surface area contributed by atoms with E-state index in [-0.39, 0.29) is 17.8 Å². The first-order valence-electron chi connectivity index (χ1n) is 8.88. The van der Waals surface area contributed by atoms with E-state index < -0.39 is 11.4 Å². The summed E-state index contributed by atoms with van der Waals surface area (Å²) >= 11 is 5.19. The molecule has 4 rings (SSSR count). The van der Waals surface area contributed by atoms with Crippen LogP contribution in [0.4, 0.5) is 4.39 Å². The minimum Gasteiger partial charge on any atom is -0.339 e. The first kappa shape index (κ1) is 19.2. The van der Waals surface area contributed by atoms with E-state index >= 15 is 0 Å². The lowest BCUT2D eigenvalue weighted by atomic mass is 10.2. The van der Waals surface area contributed by atoms with Crippen LogP contribution >= 0.6 is 27.3 Å². The van der Waals surface area contributed by atoms with Crippen molar-refractivity contribution < 1.29 is 9.18 Å². The third-order valence-electron chi connectivity index (χ3n) is 4.82. The lowest BCUT2D eigenvalue weighted by molar-refractivity contribution is -0.133. The Labute approximate surface area is 173 Å². The summed E-state index contributed by atoms with van der Waals surface area (Å²) in [7, 11) is 0. The molecule has 0 N–H and O–H groups in total. The van der Waals surface area contributed by atoms with Gasteiger partial charge in [-0.05, 0) is 46.3 Å². The highest BCUT2D eigenvalue weighted by molar-refractivity contribution is 9.11. The number of hydrogen-bond acceptors (Lipinski definition) is 5. The molecule has 3 aromatic rings. The quantitative estimate of drug-likeness (QED) is 0.595. The highest BCUT2D eigenvalue weighted by atomic mass is 79.9. The van der Waals surface area contributed by atoms with E-state index in [1.165, 1.54) is 27.9 Å². The summed E-state index contributed by atoms with van der Waals surface area (Å²) in [5.74, 6) is -0.623. The molecule has 1 saturated heterocycles. The van der Waals surface area contributed by atoms with Gasteiger partial charge in [-0.25, -0.2) is 9.37 Å². The predicted octanol–water partition coefficient (Wildman–Crippen LogP) is 2.70. The van der Waals surface area contributed by atoms with Crippen LogP contribution in [0.5, 0.6) is 0 Å². The highest BCUT2D eigenvalue weighted by Gasteiger charge is 2.22. The van der Waals surface area contributed by atoms with E-state index in [4.69, 9.17) is 0 Å². The van der Waals surface area contributed by atoms with Gasteiger partial charge in [0.05, 0.1) is 21.0 Å². The fraction of sp³-hybridized carbons (Fsp3) is 0.316. The average Bonchev–Trinajstić information content (AvgIpc) is 3.09. The van der Waals surface area contributed by atoms with Crippen molar-refractivity contribution in [1.29, 1.82) is 0 Å². The maximum Gasteiger partial charge on any atom is 0.261 e. The van der Waals surface area contributed by atoms with Crippen LogP contribution in [0.2, 0.25) is 0 Å². The zero-order valence-electron chi connectivity index (χ0n) is 15.0. The van der Waals surface area contributed by atoms with Crippen molar-refractivity contribution in [3.63, 3.8) is 0 Å². The number of amides is 1. The number of benzene rings is 1. The third kappa shape index (κ3) is 4.16. The van der Waals surface area contributed by atoms with Crippen LogP contribution < -0.4 is 5.56 Å². The Balaban J connectivity index is 1.39. The van der Waals surface area contributed by atoms with Crippen LogP contribution in [-0.2, 0) is 17.9 Å². The number of carbonyl (C=O) groups excluding carboxylic acids is 1. The van der Waals surface area contributed by atoms with Crippen molar-refractivity contribution in [2.75, 3.05) is 26.2 Å². The SMILES string of the molecule is O=C(Cn1cnc2ccc(F)cc2c1=O)N1CCN(Cc2ccc(Br)s2)CC1. The number of thiophene rings is 1. The standard InChI is InChI=1S/C19H18BrFN4O2S/c20-17-4-2-14(28-17)10-23-5-7-24(8-6-23)18(26)11-25-12-22-16-3-1-13(21)9-15(16)19(25)27/h1-4,9,12H,5-8,10-11H2. The van der Waals surface area contributed by atoms with E-state index in [0.717, 1.165) is 29.5 Å². The highest BCUT2D eigenvalue weighted by Crippen LogP contribution is 2.23. The second kappa shape index (κ2) is 8.10. The third-order valence-corrected chi connectivity index (χ3v) is 6.43. The Morgan fingerprint density at radius 1 is 1.18 bits per heavy atom. The van der Waals surface area contributed by atoms with E-state index in [1.807, 2.05) is 6.07 Å². The topological polar surface area (TPSA) is 58.4 Å². The lowest BCUT2D eigenvalue weighted by Gasteiger charge is -2.34. The van der Waals surface area contributed by atoms with Gasteiger partial charge in [-0.15, -0.1) is 11.3 Å². The maximum absolute atomic E-state index is 13.4. The summed E-state index contributed by atoms with van der Waals surface area (Å²) in [6.45, 7) is 3.61. The second-order valence-corrected chi connectivity index (χ2v) is 9.25. The molecular weight excluding hydrogens is 447 g/mol. The van der Waals surface area contributed by atoms with Gasteiger partial charge in [-0.3, -0.25) is 19.1 Å². The summed E-state index contributed by atoms with van der Waals surface area (Å²) in [4.78, 5) is 34.7. The zero-order valence-corrected chi connectivity index (χ0v) is 17.4. The van der Waals surface area contributed by atoms with Crippen molar-refractivity contribution in [3.8, 4) is 0 Å². The van der Waals surface area contributed by atoms with Crippen LogP contribution in [0.1, 0.15) is 4.88 Å². The van der Waals surface area contributed by atoms with Gasteiger partial charge in [0.15, 0.2) is 0 Å². The molecule has 1 aromatic carbocycles. The molecular formula is C19H18BrFN4O2S. The van der Waals surface area contributed by atoms with Crippen LogP contribution in [0.15, 0.2) is 45.2 Å². The number of nitrogens with zero attached hydrogens (tertiary/aromatic N) is 4. The van der Waals surface area contributed by atoms with Crippen LogP contribution in [-0.4, -0.2) is 51.4 Å². The van der Waals surface area contributed by atoms with E-state index in [2.05, 4.69) is 31.9 Å². The molecule has 3 heterocycles. The smallest absolute Gasteiger partial charge is 0.261 e. The molecule has 1 aliphatic rings. The first-order chi connectivity index (χ1) is 13.5. The summed E-state index contributed by atoms with van der Waals surface area (Å²) in [6.07, 6.45) is 1.35. The Morgan fingerprint density at radius 2 is 1.96 bits per heavy atom. The summed E-state index contributed by atoms with van der Waals surface area (Å²) in [5.41, 5.74) is 0.0173. The zero-order chi connectivity index (χ0) is 19.7. The van der Waals surface area contributed by atoms with E-state index in [1.54, 1.807) is 16.2 Å². The van der Waals surface area contributed by atoms with Gasteiger partial charge in [0.25, 0.3) is 5.56 Å². The largest absolute Gasteiger partial charge is 0.339 e. The molecule has 1 aliphatic heterocycles. The molecule has 0 unspecified atom stereocenters. The average molecular weight is 465 g/mol. The molecule has 0 radical (unpaired) electrons. The number of halogens is 2. The molecule has 0 spiro atoms. The Hall–Kier alpha value is -2.10. The van der Waals surface area contributed by atoms with Gasteiger partial charge in [-0.1, -0.05) is 0 Å². The number of aromatic nitrogens is 2. The van der Waals surface area contributed by atoms with Crippen molar-refractivity contribution in [3.05, 3.63) is 61.5 Å². The monoisotopic (exact) mass is 464 g/mol. The van der Waals surface area contributed by atoms with Crippen molar-refractivity contribution >= 4 is 44.1 Å². The summed E-state index contributed by atoms with van der Waals surface area (Å²) in [6, 6.07) is 8.03. The Kier molecular flexibility index (Phi) is 5.56. The normalized spacial score (nSPS) is 15.3. The number of fused-ring (bicyclic) bond motifs is 1. The first-order valence-corrected chi connectivity index (χ1v) is 10.5. The van der Waals surface area contributed by atoms with Gasteiger partial charge in [0.1, 0.15) is 12.4 Å². The molecule has 0 saturated carbocycles. The number of carbonyl (C=O) groups is 1. The van der Waals surface area contributed by atoms with Gasteiger partial charge < -0.3 is 4.90 Å². The predicted molar refractivity (Wildman–Crippen MR) is 110 cm³/mol. The van der Waals surface area contributed by atoms with E-state index in [0.29, 0.717) is 18.6 Å². The van der Waals surface area contributed by atoms with Crippen molar-refractivity contribution in [1.82, 2.24) is 19.4 Å². The Morgan fingerprint density at radius 3 is 2.68 bits per heavy atom. The minimum atomic E-state index is -0.496. The van der Waals surface area contributed by atoms with Gasteiger partial charge in [0, 0.05) is 37.6 Å². The molecule has 146 valence electrons. The van der Waals surface area contributed by atoms with Gasteiger partial charge in [0.2, 0.25) is 5.91 Å². The van der Waals surface area contributed by atoms with Crippen molar-refractivity contribution in [2.45, 2.75) is 13.1 Å². The number of hydrogen-bond donors (Lipinski definition) is 0. The fourth-order valence-corrected chi connectivity index (χ4v) is 4.83. The molecule has 6 nitrogen and oxygen atoms in total. The molecule has 1 amide bonds. The molecule has 0 bridgehead atoms. The molecule has 9 heteroatoms. The lowest BCUT2D eigenvalue weighted by Crippen LogP contribution is -2.49. The summed E-state index contributed by atoms with van der Waals surface area (Å²) < 4.78 is 15.8.